The lowest BCUT2D eigenvalue weighted by atomic mass is 10.1. The van der Waals surface area contributed by atoms with Crippen LogP contribution in [0.3, 0.4) is 0 Å². The summed E-state index contributed by atoms with van der Waals surface area (Å²) in [5.41, 5.74) is 1.17. The first kappa shape index (κ1) is 15.3. The molecule has 118 valence electrons. The molecule has 4 heteroatoms. The maximum Gasteiger partial charge on any atom is 0.248 e. The van der Waals surface area contributed by atoms with Crippen molar-refractivity contribution in [3.63, 3.8) is 0 Å². The Labute approximate surface area is 135 Å². The number of carbonyl (C=O) groups excluding carboxylic acids is 2. The predicted octanol–water partition coefficient (Wildman–Crippen LogP) is 4.26. The van der Waals surface area contributed by atoms with Gasteiger partial charge in [0.15, 0.2) is 5.78 Å². The van der Waals surface area contributed by atoms with E-state index in [9.17, 15) is 9.59 Å². The van der Waals surface area contributed by atoms with Crippen molar-refractivity contribution in [3.8, 4) is 0 Å². The molecule has 1 fully saturated rings. The topological polar surface area (TPSA) is 59.3 Å². The molecule has 0 aliphatic heterocycles. The molecule has 2 unspecified atom stereocenters. The minimum absolute atomic E-state index is 0.0333. The number of amides is 1. The molecule has 0 radical (unpaired) electrons. The number of rotatable bonds is 5. The Hall–Kier alpha value is -2.62. The van der Waals surface area contributed by atoms with E-state index in [-0.39, 0.29) is 11.7 Å². The van der Waals surface area contributed by atoms with Gasteiger partial charge in [0.2, 0.25) is 5.91 Å². The summed E-state index contributed by atoms with van der Waals surface area (Å²) in [5.74, 6) is 2.59. The normalized spacial score (nSPS) is 19.7. The lowest BCUT2D eigenvalue weighted by molar-refractivity contribution is -0.111. The van der Waals surface area contributed by atoms with Crippen molar-refractivity contribution in [2.24, 2.45) is 5.92 Å². The number of carbonyl (C=O) groups is 2. The number of Topliss-reactive ketones (excluding diaryl/α,β-unsaturated/α-hetero) is 1. The number of benzene rings is 1. The first-order valence-electron chi connectivity index (χ1n) is 7.73. The zero-order chi connectivity index (χ0) is 16.4. The van der Waals surface area contributed by atoms with E-state index in [0.29, 0.717) is 28.8 Å². The molecule has 1 aliphatic carbocycles. The quantitative estimate of drug-likeness (QED) is 0.663. The second-order valence-electron chi connectivity index (χ2n) is 6.02. The zero-order valence-electron chi connectivity index (χ0n) is 13.2. The average Bonchev–Trinajstić information content (AvgIpc) is 3.07. The van der Waals surface area contributed by atoms with Crippen molar-refractivity contribution in [1.29, 1.82) is 0 Å². The van der Waals surface area contributed by atoms with E-state index in [0.717, 1.165) is 5.76 Å². The van der Waals surface area contributed by atoms with Gasteiger partial charge in [-0.25, -0.2) is 0 Å². The highest BCUT2D eigenvalue weighted by molar-refractivity contribution is 6.03. The lowest BCUT2D eigenvalue weighted by Gasteiger charge is -2.03. The molecule has 0 spiro atoms. The third kappa shape index (κ3) is 3.77. The molecule has 23 heavy (non-hydrogen) atoms. The Kier molecular flexibility index (Phi) is 4.15. The van der Waals surface area contributed by atoms with Crippen LogP contribution >= 0.6 is 0 Å². The van der Waals surface area contributed by atoms with Crippen LogP contribution < -0.4 is 5.32 Å². The van der Waals surface area contributed by atoms with Crippen LogP contribution in [0.2, 0.25) is 0 Å². The molecule has 3 rings (SSSR count). The van der Waals surface area contributed by atoms with E-state index in [1.54, 1.807) is 30.3 Å². The Bertz CT molecular complexity index is 772. The van der Waals surface area contributed by atoms with Gasteiger partial charge in [-0.05, 0) is 49.6 Å². The summed E-state index contributed by atoms with van der Waals surface area (Å²) in [6.07, 6.45) is 4.25. The van der Waals surface area contributed by atoms with Gasteiger partial charge < -0.3 is 9.73 Å². The predicted molar refractivity (Wildman–Crippen MR) is 89.3 cm³/mol. The average molecular weight is 309 g/mol. The standard InChI is InChI=1S/C19H19NO3/c1-12-10-17(12)18-8-6-16(23-18)7-9-19(22)20-15-5-3-4-14(11-15)13(2)21/h3-9,11-12,17H,10H2,1-2H3,(H,20,22)/b9-7+. The Morgan fingerprint density at radius 3 is 2.74 bits per heavy atom. The van der Waals surface area contributed by atoms with Crippen LogP contribution in [0.25, 0.3) is 6.08 Å². The smallest absolute Gasteiger partial charge is 0.248 e. The summed E-state index contributed by atoms with van der Waals surface area (Å²) >= 11 is 0. The van der Waals surface area contributed by atoms with E-state index >= 15 is 0 Å². The summed E-state index contributed by atoms with van der Waals surface area (Å²) < 4.78 is 5.72. The summed E-state index contributed by atoms with van der Waals surface area (Å²) in [6.45, 7) is 3.70. The van der Waals surface area contributed by atoms with Crippen molar-refractivity contribution in [2.45, 2.75) is 26.2 Å². The van der Waals surface area contributed by atoms with Gasteiger partial charge in [-0.1, -0.05) is 19.1 Å². The fourth-order valence-corrected chi connectivity index (χ4v) is 2.53. The number of nitrogens with one attached hydrogen (secondary N) is 1. The van der Waals surface area contributed by atoms with E-state index in [1.165, 1.54) is 19.4 Å². The van der Waals surface area contributed by atoms with Gasteiger partial charge >= 0.3 is 0 Å². The van der Waals surface area contributed by atoms with Gasteiger partial charge in [0.05, 0.1) is 0 Å². The van der Waals surface area contributed by atoms with Gasteiger partial charge in [0, 0.05) is 23.2 Å². The van der Waals surface area contributed by atoms with Crippen LogP contribution in [0.4, 0.5) is 5.69 Å². The zero-order valence-corrected chi connectivity index (χ0v) is 13.2. The number of hydrogen-bond donors (Lipinski definition) is 1. The SMILES string of the molecule is CC(=O)c1cccc(NC(=O)/C=C/c2ccc(C3CC3C)o2)c1. The minimum atomic E-state index is -0.261. The summed E-state index contributed by atoms with van der Waals surface area (Å²) in [6, 6.07) is 10.7. The molecule has 0 bridgehead atoms. The van der Waals surface area contributed by atoms with Crippen molar-refractivity contribution in [1.82, 2.24) is 0 Å². The van der Waals surface area contributed by atoms with Crippen molar-refractivity contribution < 1.29 is 14.0 Å². The molecular formula is C19H19NO3. The fraction of sp³-hybridized carbons (Fsp3) is 0.263. The third-order valence-electron chi connectivity index (χ3n) is 4.06. The fourth-order valence-electron chi connectivity index (χ4n) is 2.53. The highest BCUT2D eigenvalue weighted by Gasteiger charge is 2.36. The van der Waals surface area contributed by atoms with Crippen LogP contribution in [-0.2, 0) is 4.79 Å². The molecule has 4 nitrogen and oxygen atoms in total. The van der Waals surface area contributed by atoms with Crippen LogP contribution in [0, 0.1) is 5.92 Å². The molecule has 2 atom stereocenters. The molecule has 0 saturated heterocycles. The number of ketones is 1. The Morgan fingerprint density at radius 2 is 2.04 bits per heavy atom. The molecule has 1 heterocycles. The molecular weight excluding hydrogens is 290 g/mol. The maximum absolute atomic E-state index is 11.9. The van der Waals surface area contributed by atoms with Crippen molar-refractivity contribution in [3.05, 3.63) is 59.6 Å². The summed E-state index contributed by atoms with van der Waals surface area (Å²) in [5, 5.41) is 2.74. The van der Waals surface area contributed by atoms with Crippen molar-refractivity contribution >= 4 is 23.5 Å². The van der Waals surface area contributed by atoms with E-state index in [1.807, 2.05) is 12.1 Å². The van der Waals surface area contributed by atoms with Gasteiger partial charge in [0.25, 0.3) is 0 Å². The first-order chi connectivity index (χ1) is 11.0. The second kappa shape index (κ2) is 6.24. The van der Waals surface area contributed by atoms with Crippen molar-refractivity contribution in [2.75, 3.05) is 5.32 Å². The molecule has 1 aromatic heterocycles. The van der Waals surface area contributed by atoms with Gasteiger partial charge in [-0.15, -0.1) is 0 Å². The highest BCUT2D eigenvalue weighted by atomic mass is 16.3. The number of hydrogen-bond acceptors (Lipinski definition) is 3. The second-order valence-corrected chi connectivity index (χ2v) is 6.02. The third-order valence-corrected chi connectivity index (χ3v) is 4.06. The molecule has 1 saturated carbocycles. The maximum atomic E-state index is 11.9. The summed E-state index contributed by atoms with van der Waals surface area (Å²) in [7, 11) is 0. The number of anilines is 1. The van der Waals surface area contributed by atoms with Gasteiger partial charge in [-0.3, -0.25) is 9.59 Å². The lowest BCUT2D eigenvalue weighted by Crippen LogP contribution is -2.08. The molecule has 1 aromatic carbocycles. The van der Waals surface area contributed by atoms with Gasteiger partial charge in [0.1, 0.15) is 11.5 Å². The van der Waals surface area contributed by atoms with Gasteiger partial charge in [-0.2, -0.15) is 0 Å². The molecule has 2 aromatic rings. The van der Waals surface area contributed by atoms with Crippen LogP contribution in [0.1, 0.15) is 48.1 Å². The summed E-state index contributed by atoms with van der Waals surface area (Å²) in [4.78, 5) is 23.3. The number of furan rings is 1. The molecule has 1 N–H and O–H groups in total. The van der Waals surface area contributed by atoms with E-state index < -0.39 is 0 Å². The van der Waals surface area contributed by atoms with E-state index in [4.69, 9.17) is 4.42 Å². The Balaban J connectivity index is 1.61. The monoisotopic (exact) mass is 309 g/mol. The first-order valence-corrected chi connectivity index (χ1v) is 7.73. The molecule has 1 aliphatic rings. The largest absolute Gasteiger partial charge is 0.461 e. The Morgan fingerprint density at radius 1 is 1.26 bits per heavy atom. The highest BCUT2D eigenvalue weighted by Crippen LogP contribution is 2.47. The van der Waals surface area contributed by atoms with Crippen LogP contribution in [-0.4, -0.2) is 11.7 Å². The minimum Gasteiger partial charge on any atom is -0.461 e. The van der Waals surface area contributed by atoms with Crippen LogP contribution in [0.5, 0.6) is 0 Å². The van der Waals surface area contributed by atoms with Crippen LogP contribution in [0.15, 0.2) is 46.9 Å². The van der Waals surface area contributed by atoms with E-state index in [2.05, 4.69) is 12.2 Å². The molecule has 1 amide bonds.